The van der Waals surface area contributed by atoms with Crippen molar-refractivity contribution < 1.29 is 4.79 Å². The molecule has 8 nitrogen and oxygen atoms in total. The van der Waals surface area contributed by atoms with E-state index < -0.39 is 0 Å². The fourth-order valence-electron chi connectivity index (χ4n) is 3.06. The molecule has 5 N–H and O–H groups in total. The number of aromatic amines is 1. The molecule has 0 atom stereocenters. The number of hydrogen-bond donors (Lipinski definition) is 4. The van der Waals surface area contributed by atoms with Crippen LogP contribution >= 0.6 is 0 Å². The molecule has 0 bridgehead atoms. The van der Waals surface area contributed by atoms with E-state index in [1.54, 1.807) is 18.2 Å². The van der Waals surface area contributed by atoms with Crippen LogP contribution in [0.1, 0.15) is 25.7 Å². The van der Waals surface area contributed by atoms with Gasteiger partial charge in [0.25, 0.3) is 5.56 Å². The predicted octanol–water partition coefficient (Wildman–Crippen LogP) is 0.790. The van der Waals surface area contributed by atoms with Crippen LogP contribution in [-0.2, 0) is 4.79 Å². The van der Waals surface area contributed by atoms with E-state index in [4.69, 9.17) is 5.73 Å². The molecule has 1 saturated heterocycles. The zero-order valence-corrected chi connectivity index (χ0v) is 14.9. The summed E-state index contributed by atoms with van der Waals surface area (Å²) >= 11 is 0. The Morgan fingerprint density at radius 3 is 2.81 bits per heavy atom. The number of unbranched alkanes of at least 4 members (excludes halogenated alkanes) is 2. The highest BCUT2D eigenvalue weighted by molar-refractivity contribution is 5.93. The molecule has 1 aromatic carbocycles. The predicted molar refractivity (Wildman–Crippen MR) is 104 cm³/mol. The van der Waals surface area contributed by atoms with Gasteiger partial charge in [0.05, 0.1) is 10.9 Å². The van der Waals surface area contributed by atoms with Crippen LogP contribution in [0.2, 0.25) is 0 Å². The average Bonchev–Trinajstić information content (AvgIpc) is 2.66. The van der Waals surface area contributed by atoms with Gasteiger partial charge in [-0.05, 0) is 37.6 Å². The first-order valence-electron chi connectivity index (χ1n) is 9.17. The summed E-state index contributed by atoms with van der Waals surface area (Å²) in [4.78, 5) is 34.0. The van der Waals surface area contributed by atoms with Gasteiger partial charge >= 0.3 is 0 Å². The number of anilines is 2. The number of H-pyrrole nitrogens is 1. The number of carbonyl (C=O) groups is 1. The average molecular weight is 358 g/mol. The van der Waals surface area contributed by atoms with Gasteiger partial charge in [-0.25, -0.2) is 4.98 Å². The van der Waals surface area contributed by atoms with Crippen LogP contribution in [0.3, 0.4) is 0 Å². The summed E-state index contributed by atoms with van der Waals surface area (Å²) in [6.45, 7) is 4.02. The first-order valence-corrected chi connectivity index (χ1v) is 9.17. The lowest BCUT2D eigenvalue weighted by Crippen LogP contribution is -2.44. The summed E-state index contributed by atoms with van der Waals surface area (Å²) in [5, 5.41) is 6.60. The lowest BCUT2D eigenvalue weighted by atomic mass is 10.1. The van der Waals surface area contributed by atoms with Crippen molar-refractivity contribution in [1.82, 2.24) is 15.3 Å². The number of nitrogens with zero attached hydrogens (tertiary/aromatic N) is 2. The molecule has 3 rings (SSSR count). The SMILES string of the molecule is NCCCCCC(=O)Nc1ccc2nc(N3CCNCC3)[nH]c(=O)c2c1. The summed E-state index contributed by atoms with van der Waals surface area (Å²) in [6, 6.07) is 5.24. The molecule has 1 aliphatic heterocycles. The minimum atomic E-state index is -0.192. The van der Waals surface area contributed by atoms with Crippen molar-refractivity contribution in [3.63, 3.8) is 0 Å². The minimum absolute atomic E-state index is 0.0526. The van der Waals surface area contributed by atoms with Crippen molar-refractivity contribution in [2.24, 2.45) is 5.73 Å². The fourth-order valence-corrected chi connectivity index (χ4v) is 3.06. The number of aromatic nitrogens is 2. The van der Waals surface area contributed by atoms with Gasteiger partial charge < -0.3 is 21.3 Å². The van der Waals surface area contributed by atoms with Crippen LogP contribution in [0.25, 0.3) is 10.9 Å². The fraction of sp³-hybridized carbons (Fsp3) is 0.500. The lowest BCUT2D eigenvalue weighted by molar-refractivity contribution is -0.116. The molecule has 2 aromatic rings. The number of carbonyl (C=O) groups excluding carboxylic acids is 1. The van der Waals surface area contributed by atoms with Gasteiger partial charge in [-0.2, -0.15) is 0 Å². The second-order valence-corrected chi connectivity index (χ2v) is 6.51. The molecule has 0 aliphatic carbocycles. The molecular weight excluding hydrogens is 332 g/mol. The largest absolute Gasteiger partial charge is 0.340 e. The van der Waals surface area contributed by atoms with Gasteiger partial charge in [0.2, 0.25) is 11.9 Å². The number of hydrogen-bond acceptors (Lipinski definition) is 6. The number of amides is 1. The zero-order chi connectivity index (χ0) is 18.4. The maximum atomic E-state index is 12.5. The third kappa shape index (κ3) is 4.59. The molecule has 2 heterocycles. The van der Waals surface area contributed by atoms with E-state index in [2.05, 4.69) is 25.5 Å². The van der Waals surface area contributed by atoms with Gasteiger partial charge in [0.15, 0.2) is 0 Å². The van der Waals surface area contributed by atoms with E-state index in [1.807, 2.05) is 0 Å². The number of piperazine rings is 1. The summed E-state index contributed by atoms with van der Waals surface area (Å²) < 4.78 is 0. The van der Waals surface area contributed by atoms with Crippen LogP contribution in [0.4, 0.5) is 11.6 Å². The molecule has 1 fully saturated rings. The normalized spacial score (nSPS) is 14.6. The van der Waals surface area contributed by atoms with E-state index in [9.17, 15) is 9.59 Å². The summed E-state index contributed by atoms with van der Waals surface area (Å²) in [5.41, 5.74) is 6.50. The van der Waals surface area contributed by atoms with E-state index in [0.717, 1.165) is 45.4 Å². The monoisotopic (exact) mass is 358 g/mol. The van der Waals surface area contributed by atoms with Crippen molar-refractivity contribution in [1.29, 1.82) is 0 Å². The second-order valence-electron chi connectivity index (χ2n) is 6.51. The van der Waals surface area contributed by atoms with Crippen LogP contribution in [0.15, 0.2) is 23.0 Å². The Labute approximate surface area is 152 Å². The molecule has 1 aliphatic rings. The summed E-state index contributed by atoms with van der Waals surface area (Å²) in [6.07, 6.45) is 3.14. The summed E-state index contributed by atoms with van der Waals surface area (Å²) in [7, 11) is 0. The Kier molecular flexibility index (Phi) is 6.19. The lowest BCUT2D eigenvalue weighted by Gasteiger charge is -2.27. The molecule has 0 spiro atoms. The number of nitrogens with two attached hydrogens (primary N) is 1. The van der Waals surface area contributed by atoms with E-state index in [1.165, 1.54) is 0 Å². The minimum Gasteiger partial charge on any atom is -0.340 e. The molecule has 26 heavy (non-hydrogen) atoms. The molecule has 0 radical (unpaired) electrons. The number of rotatable bonds is 7. The quantitative estimate of drug-likeness (QED) is 0.544. The van der Waals surface area contributed by atoms with Crippen molar-refractivity contribution in [3.05, 3.63) is 28.6 Å². The second kappa shape index (κ2) is 8.77. The zero-order valence-electron chi connectivity index (χ0n) is 14.9. The third-order valence-electron chi connectivity index (χ3n) is 4.50. The van der Waals surface area contributed by atoms with Crippen LogP contribution in [0, 0.1) is 0 Å². The van der Waals surface area contributed by atoms with E-state index in [0.29, 0.717) is 35.5 Å². The van der Waals surface area contributed by atoms with Crippen LogP contribution in [0.5, 0.6) is 0 Å². The number of benzene rings is 1. The maximum absolute atomic E-state index is 12.5. The Morgan fingerprint density at radius 2 is 2.04 bits per heavy atom. The van der Waals surface area contributed by atoms with Gasteiger partial charge in [-0.1, -0.05) is 6.42 Å². The Hall–Kier alpha value is -2.45. The van der Waals surface area contributed by atoms with E-state index in [-0.39, 0.29) is 11.5 Å². The highest BCUT2D eigenvalue weighted by Crippen LogP contribution is 2.17. The Balaban J connectivity index is 1.71. The Morgan fingerprint density at radius 1 is 1.23 bits per heavy atom. The molecule has 1 aromatic heterocycles. The molecule has 0 unspecified atom stereocenters. The van der Waals surface area contributed by atoms with Gasteiger partial charge in [-0.3, -0.25) is 14.6 Å². The first-order chi connectivity index (χ1) is 12.7. The topological polar surface area (TPSA) is 116 Å². The van der Waals surface area contributed by atoms with Crippen molar-refractivity contribution in [2.45, 2.75) is 25.7 Å². The van der Waals surface area contributed by atoms with Crippen molar-refractivity contribution in [3.8, 4) is 0 Å². The molecule has 1 amide bonds. The third-order valence-corrected chi connectivity index (χ3v) is 4.50. The van der Waals surface area contributed by atoms with Gasteiger partial charge in [0.1, 0.15) is 0 Å². The van der Waals surface area contributed by atoms with Crippen molar-refractivity contribution >= 4 is 28.4 Å². The highest BCUT2D eigenvalue weighted by Gasteiger charge is 2.14. The van der Waals surface area contributed by atoms with Gasteiger partial charge in [0, 0.05) is 38.3 Å². The van der Waals surface area contributed by atoms with Gasteiger partial charge in [-0.15, -0.1) is 0 Å². The first kappa shape index (κ1) is 18.3. The molecule has 8 heteroatoms. The molecule has 0 saturated carbocycles. The molecular formula is C18H26N6O2. The standard InChI is InChI=1S/C18H26N6O2/c19-7-3-1-2-4-16(25)21-13-5-6-15-14(12-13)17(26)23-18(22-15)24-10-8-20-9-11-24/h5-6,12,20H,1-4,7-11,19H2,(H,21,25)(H,22,23,26). The van der Waals surface area contributed by atoms with Crippen LogP contribution in [-0.4, -0.2) is 48.6 Å². The highest BCUT2D eigenvalue weighted by atomic mass is 16.1. The van der Waals surface area contributed by atoms with Crippen LogP contribution < -0.4 is 26.8 Å². The summed E-state index contributed by atoms with van der Waals surface area (Å²) in [5.74, 6) is 0.545. The smallest absolute Gasteiger partial charge is 0.260 e. The number of fused-ring (bicyclic) bond motifs is 1. The van der Waals surface area contributed by atoms with Crippen molar-refractivity contribution in [2.75, 3.05) is 42.9 Å². The number of nitrogens with one attached hydrogen (secondary N) is 3. The Bertz CT molecular complexity index is 813. The van der Waals surface area contributed by atoms with E-state index >= 15 is 0 Å². The molecule has 140 valence electrons. The maximum Gasteiger partial charge on any atom is 0.260 e.